The maximum Gasteiger partial charge on any atom is 0.405 e. The van der Waals surface area contributed by atoms with Crippen LogP contribution in [0, 0.1) is 17.2 Å². The van der Waals surface area contributed by atoms with Crippen molar-refractivity contribution in [3.63, 3.8) is 0 Å². The average Bonchev–Trinajstić information content (AvgIpc) is 2.37. The van der Waals surface area contributed by atoms with Gasteiger partial charge in [-0.15, -0.1) is 0 Å². The summed E-state index contributed by atoms with van der Waals surface area (Å²) in [6.07, 6.45) is -3.94. The topological polar surface area (TPSA) is 45.0 Å². The Kier molecular flexibility index (Phi) is 5.64. The number of hydrogen-bond donors (Lipinski definition) is 1. The molecule has 0 aliphatic rings. The number of methoxy groups -OCH3 is 1. The average molecular weight is 272 g/mol. The highest BCUT2D eigenvalue weighted by Crippen LogP contribution is 2.24. The monoisotopic (exact) mass is 272 g/mol. The zero-order valence-corrected chi connectivity index (χ0v) is 10.5. The van der Waals surface area contributed by atoms with Gasteiger partial charge in [0.15, 0.2) is 5.92 Å². The Morgan fingerprint density at radius 2 is 2.05 bits per heavy atom. The summed E-state index contributed by atoms with van der Waals surface area (Å²) in [5.74, 6) is -1.26. The first kappa shape index (κ1) is 15.3. The van der Waals surface area contributed by atoms with Crippen LogP contribution in [0.3, 0.4) is 0 Å². The van der Waals surface area contributed by atoms with E-state index in [1.165, 1.54) is 6.07 Å². The molecule has 104 valence electrons. The van der Waals surface area contributed by atoms with Gasteiger partial charge in [-0.25, -0.2) is 0 Å². The summed E-state index contributed by atoms with van der Waals surface area (Å²) in [7, 11) is 1.54. The zero-order chi connectivity index (χ0) is 14.3. The van der Waals surface area contributed by atoms with Gasteiger partial charge in [0, 0.05) is 6.54 Å². The third kappa shape index (κ3) is 4.79. The molecule has 1 aromatic carbocycles. The first-order chi connectivity index (χ1) is 8.99. The largest absolute Gasteiger partial charge is 0.496 e. The number of halogens is 3. The van der Waals surface area contributed by atoms with Gasteiger partial charge < -0.3 is 10.1 Å². The van der Waals surface area contributed by atoms with Crippen LogP contribution in [-0.2, 0) is 6.42 Å². The summed E-state index contributed by atoms with van der Waals surface area (Å²) in [5, 5.41) is 11.1. The molecule has 0 radical (unpaired) electrons. The number of nitrogens with one attached hydrogen (secondary N) is 1. The van der Waals surface area contributed by atoms with Gasteiger partial charge in [0.2, 0.25) is 0 Å². The molecule has 0 amide bonds. The molecular formula is C13H15F3N2O. The van der Waals surface area contributed by atoms with Crippen LogP contribution in [0.2, 0.25) is 0 Å². The molecule has 0 saturated carbocycles. The Bertz CT molecular complexity index is 440. The van der Waals surface area contributed by atoms with E-state index in [-0.39, 0.29) is 0 Å². The molecule has 0 bridgehead atoms. The minimum atomic E-state index is -4.48. The quantitative estimate of drug-likeness (QED) is 0.809. The van der Waals surface area contributed by atoms with Gasteiger partial charge in [-0.1, -0.05) is 18.2 Å². The van der Waals surface area contributed by atoms with Crippen LogP contribution in [0.4, 0.5) is 13.2 Å². The molecule has 0 aliphatic carbocycles. The molecule has 6 heteroatoms. The lowest BCUT2D eigenvalue weighted by atomic mass is 10.1. The molecule has 1 unspecified atom stereocenters. The Labute approximate surface area is 110 Å². The fourth-order valence-corrected chi connectivity index (χ4v) is 1.61. The summed E-state index contributed by atoms with van der Waals surface area (Å²) in [4.78, 5) is 0. The Balaban J connectivity index is 2.41. The molecule has 0 heterocycles. The van der Waals surface area contributed by atoms with Crippen LogP contribution in [0.25, 0.3) is 0 Å². The molecule has 1 N–H and O–H groups in total. The molecule has 1 rings (SSSR count). The first-order valence-corrected chi connectivity index (χ1v) is 5.78. The predicted molar refractivity (Wildman–Crippen MR) is 64.7 cm³/mol. The summed E-state index contributed by atoms with van der Waals surface area (Å²) in [5.41, 5.74) is 0.915. The smallest absolute Gasteiger partial charge is 0.405 e. The minimum absolute atomic E-state index is 0.356. The van der Waals surface area contributed by atoms with E-state index in [2.05, 4.69) is 5.32 Å². The van der Waals surface area contributed by atoms with Crippen molar-refractivity contribution >= 4 is 0 Å². The van der Waals surface area contributed by atoms with Crippen molar-refractivity contribution in [1.82, 2.24) is 5.32 Å². The number of rotatable bonds is 6. The summed E-state index contributed by atoms with van der Waals surface area (Å²) < 4.78 is 42.1. The lowest BCUT2D eigenvalue weighted by Crippen LogP contribution is -2.33. The maximum absolute atomic E-state index is 12.3. The number of alkyl halides is 3. The normalized spacial score (nSPS) is 12.8. The lowest BCUT2D eigenvalue weighted by molar-refractivity contribution is -0.157. The molecule has 3 nitrogen and oxygen atoms in total. The van der Waals surface area contributed by atoms with Crippen molar-refractivity contribution in [1.29, 1.82) is 5.26 Å². The van der Waals surface area contributed by atoms with Crippen LogP contribution in [0.5, 0.6) is 5.75 Å². The lowest BCUT2D eigenvalue weighted by Gasteiger charge is -2.14. The van der Waals surface area contributed by atoms with E-state index in [1.807, 2.05) is 18.2 Å². The minimum Gasteiger partial charge on any atom is -0.496 e. The Hall–Kier alpha value is -1.74. The molecule has 0 aliphatic heterocycles. The third-order valence-electron chi connectivity index (χ3n) is 2.66. The van der Waals surface area contributed by atoms with Crippen molar-refractivity contribution in [3.8, 4) is 11.8 Å². The van der Waals surface area contributed by atoms with E-state index in [4.69, 9.17) is 10.00 Å². The van der Waals surface area contributed by atoms with Gasteiger partial charge in [-0.2, -0.15) is 18.4 Å². The van der Waals surface area contributed by atoms with Gasteiger partial charge >= 0.3 is 6.18 Å². The van der Waals surface area contributed by atoms with Crippen LogP contribution in [-0.4, -0.2) is 26.4 Å². The predicted octanol–water partition coefficient (Wildman–Crippen LogP) is 2.53. The standard InChI is InChI=1S/C13H15F3N2O/c1-19-12-5-3-2-4-10(12)6-7-18-9-11(8-17)13(14,15)16/h2-5,11,18H,6-7,9H2,1H3. The fourth-order valence-electron chi connectivity index (χ4n) is 1.61. The van der Waals surface area contributed by atoms with Crippen molar-refractivity contribution in [3.05, 3.63) is 29.8 Å². The van der Waals surface area contributed by atoms with Crippen molar-refractivity contribution < 1.29 is 17.9 Å². The maximum atomic E-state index is 12.3. The zero-order valence-electron chi connectivity index (χ0n) is 10.5. The number of nitrogens with zero attached hydrogens (tertiary/aromatic N) is 1. The summed E-state index contributed by atoms with van der Waals surface area (Å²) in [6, 6.07) is 8.56. The van der Waals surface area contributed by atoms with Crippen molar-refractivity contribution in [2.45, 2.75) is 12.6 Å². The van der Waals surface area contributed by atoms with Gasteiger partial charge in [-0.05, 0) is 24.6 Å². The van der Waals surface area contributed by atoms with E-state index in [9.17, 15) is 13.2 Å². The van der Waals surface area contributed by atoms with Gasteiger partial charge in [-0.3, -0.25) is 0 Å². The molecule has 19 heavy (non-hydrogen) atoms. The van der Waals surface area contributed by atoms with Crippen LogP contribution in [0.1, 0.15) is 5.56 Å². The second kappa shape index (κ2) is 7.00. The van der Waals surface area contributed by atoms with Crippen LogP contribution in [0.15, 0.2) is 24.3 Å². The first-order valence-electron chi connectivity index (χ1n) is 5.78. The van der Waals surface area contributed by atoms with Crippen molar-refractivity contribution in [2.75, 3.05) is 20.2 Å². The molecule has 0 spiro atoms. The number of para-hydroxylation sites is 1. The molecule has 0 fully saturated rings. The summed E-state index contributed by atoms with van der Waals surface area (Å²) in [6.45, 7) is -0.0379. The van der Waals surface area contributed by atoms with E-state index < -0.39 is 18.6 Å². The number of nitriles is 1. The highest BCUT2D eigenvalue weighted by Gasteiger charge is 2.39. The van der Waals surface area contributed by atoms with E-state index in [0.29, 0.717) is 18.7 Å². The molecular weight excluding hydrogens is 257 g/mol. The molecule has 1 atom stereocenters. The fraction of sp³-hybridized carbons (Fsp3) is 0.462. The highest BCUT2D eigenvalue weighted by molar-refractivity contribution is 5.33. The summed E-state index contributed by atoms with van der Waals surface area (Å²) >= 11 is 0. The van der Waals surface area contributed by atoms with Crippen LogP contribution >= 0.6 is 0 Å². The number of ether oxygens (including phenoxy) is 1. The van der Waals surface area contributed by atoms with Gasteiger partial charge in [0.1, 0.15) is 5.75 Å². The Morgan fingerprint density at radius 1 is 1.37 bits per heavy atom. The second-order valence-electron chi connectivity index (χ2n) is 3.99. The van der Waals surface area contributed by atoms with Gasteiger partial charge in [0.25, 0.3) is 0 Å². The second-order valence-corrected chi connectivity index (χ2v) is 3.99. The Morgan fingerprint density at radius 3 is 2.63 bits per heavy atom. The third-order valence-corrected chi connectivity index (χ3v) is 2.66. The van der Waals surface area contributed by atoms with E-state index in [0.717, 1.165) is 5.56 Å². The van der Waals surface area contributed by atoms with Crippen LogP contribution < -0.4 is 10.1 Å². The number of hydrogen-bond acceptors (Lipinski definition) is 3. The van der Waals surface area contributed by atoms with Gasteiger partial charge in [0.05, 0.1) is 13.2 Å². The molecule has 0 saturated heterocycles. The van der Waals surface area contributed by atoms with Crippen molar-refractivity contribution in [2.24, 2.45) is 5.92 Å². The number of benzene rings is 1. The highest BCUT2D eigenvalue weighted by atomic mass is 19.4. The molecule has 1 aromatic rings. The van der Waals surface area contributed by atoms with E-state index in [1.54, 1.807) is 13.2 Å². The SMILES string of the molecule is COc1ccccc1CCNCC(C#N)C(F)(F)F. The van der Waals surface area contributed by atoms with E-state index >= 15 is 0 Å². The molecule has 0 aromatic heterocycles.